The van der Waals surface area contributed by atoms with Crippen LogP contribution in [0.3, 0.4) is 0 Å². The lowest BCUT2D eigenvalue weighted by molar-refractivity contribution is 0.555. The molecule has 2 aromatic rings. The van der Waals surface area contributed by atoms with Crippen LogP contribution in [0.2, 0.25) is 10.2 Å². The van der Waals surface area contributed by atoms with Gasteiger partial charge in [-0.1, -0.05) is 23.2 Å². The first kappa shape index (κ1) is 23.1. The van der Waals surface area contributed by atoms with Crippen LogP contribution in [0.25, 0.3) is 0 Å². The summed E-state index contributed by atoms with van der Waals surface area (Å²) in [7, 11) is 1.88. The molecule has 0 saturated heterocycles. The van der Waals surface area contributed by atoms with Crippen LogP contribution in [-0.4, -0.2) is 33.4 Å². The molecule has 0 unspecified atom stereocenters. The minimum Gasteiger partial charge on any atom is -0.357 e. The van der Waals surface area contributed by atoms with Crippen LogP contribution >= 0.6 is 47.2 Å². The van der Waals surface area contributed by atoms with Gasteiger partial charge in [0.25, 0.3) is 0 Å². The van der Waals surface area contributed by atoms with Crippen molar-refractivity contribution in [3.8, 4) is 0 Å². The second-order valence-corrected chi connectivity index (χ2v) is 6.72. The van der Waals surface area contributed by atoms with Crippen molar-refractivity contribution in [3.63, 3.8) is 0 Å². The van der Waals surface area contributed by atoms with Gasteiger partial charge in [0.1, 0.15) is 5.15 Å². The Kier molecular flexibility index (Phi) is 9.81. The van der Waals surface area contributed by atoms with Crippen LogP contribution in [0.4, 0.5) is 0 Å². The Bertz CT molecular complexity index is 738. The fourth-order valence-electron chi connectivity index (χ4n) is 2.58. The largest absolute Gasteiger partial charge is 0.357 e. The predicted molar refractivity (Wildman–Crippen MR) is 120 cm³/mol. The maximum Gasteiger partial charge on any atom is 0.191 e. The first-order chi connectivity index (χ1) is 11.9. The molecular formula is C17H27Cl2IN6. The van der Waals surface area contributed by atoms with Crippen LogP contribution in [0.5, 0.6) is 0 Å². The van der Waals surface area contributed by atoms with Crippen LogP contribution < -0.4 is 10.6 Å². The van der Waals surface area contributed by atoms with Crippen molar-refractivity contribution < 1.29 is 0 Å². The van der Waals surface area contributed by atoms with Gasteiger partial charge in [-0.2, -0.15) is 5.10 Å². The summed E-state index contributed by atoms with van der Waals surface area (Å²) in [5.74, 6) is 0.782. The minimum atomic E-state index is 0. The second kappa shape index (κ2) is 11.0. The van der Waals surface area contributed by atoms with E-state index in [0.717, 1.165) is 43.4 Å². The van der Waals surface area contributed by atoms with Gasteiger partial charge >= 0.3 is 0 Å². The molecule has 2 heterocycles. The first-order valence-corrected chi connectivity index (χ1v) is 9.20. The quantitative estimate of drug-likeness (QED) is 0.256. The normalized spacial score (nSPS) is 11.4. The summed E-state index contributed by atoms with van der Waals surface area (Å²) in [6, 6.07) is 3.94. The number of aromatic nitrogens is 3. The molecule has 0 amide bonds. The van der Waals surface area contributed by atoms with Gasteiger partial charge in [-0.05, 0) is 39.3 Å². The molecule has 0 saturated carbocycles. The molecule has 146 valence electrons. The van der Waals surface area contributed by atoms with Crippen LogP contribution in [-0.2, 0) is 20.1 Å². The summed E-state index contributed by atoms with van der Waals surface area (Å²) in [6.45, 7) is 9.15. The van der Waals surface area contributed by atoms with Gasteiger partial charge in [-0.25, -0.2) is 4.99 Å². The van der Waals surface area contributed by atoms with Gasteiger partial charge in [-0.15, -0.1) is 24.0 Å². The Morgan fingerprint density at radius 1 is 1.23 bits per heavy atom. The third-order valence-electron chi connectivity index (χ3n) is 3.90. The Hall–Kier alpha value is -0.930. The zero-order valence-corrected chi connectivity index (χ0v) is 19.5. The summed E-state index contributed by atoms with van der Waals surface area (Å²) >= 11 is 12.1. The van der Waals surface area contributed by atoms with E-state index >= 15 is 0 Å². The highest BCUT2D eigenvalue weighted by molar-refractivity contribution is 14.0. The number of aryl methyl sites for hydroxylation is 3. The summed E-state index contributed by atoms with van der Waals surface area (Å²) in [6.07, 6.45) is 0.966. The molecule has 9 heteroatoms. The number of aliphatic imine (C=N–C) groups is 1. The lowest BCUT2D eigenvalue weighted by Crippen LogP contribution is -2.38. The summed E-state index contributed by atoms with van der Waals surface area (Å²) in [4.78, 5) is 4.60. The molecule has 2 aromatic heterocycles. The van der Waals surface area contributed by atoms with E-state index in [2.05, 4.69) is 33.7 Å². The maximum atomic E-state index is 6.09. The standard InChI is InChI=1S/C17H26Cl2N6.HI/c1-5-20-17(22-11-14-10-15(18)16(19)24(14)4)21-7-6-8-25-13(3)9-12(2)23-25;/h9-10H,5-8,11H2,1-4H3,(H2,20,21,22);1H. The van der Waals surface area contributed by atoms with Crippen molar-refractivity contribution in [1.29, 1.82) is 0 Å². The lowest BCUT2D eigenvalue weighted by atomic mass is 10.4. The van der Waals surface area contributed by atoms with E-state index in [-0.39, 0.29) is 24.0 Å². The lowest BCUT2D eigenvalue weighted by Gasteiger charge is -2.12. The molecule has 0 aliphatic rings. The fraction of sp³-hybridized carbons (Fsp3) is 0.529. The molecule has 0 atom stereocenters. The number of nitrogens with one attached hydrogen (secondary N) is 2. The predicted octanol–water partition coefficient (Wildman–Crippen LogP) is 3.91. The average Bonchev–Trinajstić information content (AvgIpc) is 3.02. The van der Waals surface area contributed by atoms with E-state index in [1.165, 1.54) is 5.69 Å². The minimum absolute atomic E-state index is 0. The van der Waals surface area contributed by atoms with Crippen molar-refractivity contribution in [3.05, 3.63) is 39.4 Å². The Labute approximate surface area is 182 Å². The molecule has 6 nitrogen and oxygen atoms in total. The van der Waals surface area contributed by atoms with E-state index in [4.69, 9.17) is 23.2 Å². The van der Waals surface area contributed by atoms with Gasteiger partial charge in [0.05, 0.1) is 17.3 Å². The molecule has 26 heavy (non-hydrogen) atoms. The van der Waals surface area contributed by atoms with Crippen molar-refractivity contribution >= 4 is 53.1 Å². The van der Waals surface area contributed by atoms with E-state index in [9.17, 15) is 0 Å². The Balaban J connectivity index is 0.00000338. The number of guanidine groups is 1. The van der Waals surface area contributed by atoms with Crippen molar-refractivity contribution in [1.82, 2.24) is 25.0 Å². The molecule has 2 N–H and O–H groups in total. The first-order valence-electron chi connectivity index (χ1n) is 8.45. The van der Waals surface area contributed by atoms with Crippen LogP contribution in [0.1, 0.15) is 30.4 Å². The van der Waals surface area contributed by atoms with Gasteiger partial charge in [0.2, 0.25) is 0 Å². The van der Waals surface area contributed by atoms with E-state index < -0.39 is 0 Å². The second-order valence-electron chi connectivity index (χ2n) is 5.96. The smallest absolute Gasteiger partial charge is 0.191 e. The highest BCUT2D eigenvalue weighted by Crippen LogP contribution is 2.25. The SMILES string of the molecule is CCNC(=NCc1cc(Cl)c(Cl)n1C)NCCCn1nc(C)cc1C.I. The molecule has 0 fully saturated rings. The van der Waals surface area contributed by atoms with Crippen molar-refractivity contribution in [2.24, 2.45) is 12.0 Å². The molecule has 0 bridgehead atoms. The zero-order chi connectivity index (χ0) is 18.4. The van der Waals surface area contributed by atoms with Gasteiger partial charge in [-0.3, -0.25) is 4.68 Å². The number of hydrogen-bond donors (Lipinski definition) is 2. The van der Waals surface area contributed by atoms with Gasteiger partial charge in [0, 0.05) is 38.1 Å². The number of nitrogens with zero attached hydrogens (tertiary/aromatic N) is 4. The number of halogens is 3. The molecule has 0 aliphatic heterocycles. The monoisotopic (exact) mass is 512 g/mol. The van der Waals surface area contributed by atoms with Crippen LogP contribution in [0, 0.1) is 13.8 Å². The Morgan fingerprint density at radius 2 is 1.96 bits per heavy atom. The fourth-order valence-corrected chi connectivity index (χ4v) is 3.00. The summed E-state index contributed by atoms with van der Waals surface area (Å²) in [5.41, 5.74) is 3.21. The highest BCUT2D eigenvalue weighted by Gasteiger charge is 2.08. The summed E-state index contributed by atoms with van der Waals surface area (Å²) in [5, 5.41) is 12.2. The molecule has 0 spiro atoms. The van der Waals surface area contributed by atoms with E-state index in [1.54, 1.807) is 0 Å². The molecule has 0 radical (unpaired) electrons. The van der Waals surface area contributed by atoms with E-state index in [0.29, 0.717) is 16.7 Å². The third kappa shape index (κ3) is 6.35. The topological polar surface area (TPSA) is 59.2 Å². The zero-order valence-electron chi connectivity index (χ0n) is 15.6. The van der Waals surface area contributed by atoms with Crippen LogP contribution in [0.15, 0.2) is 17.1 Å². The molecule has 0 aromatic carbocycles. The average molecular weight is 513 g/mol. The number of hydrogen-bond acceptors (Lipinski definition) is 2. The Morgan fingerprint density at radius 3 is 2.50 bits per heavy atom. The van der Waals surface area contributed by atoms with Crippen molar-refractivity contribution in [2.75, 3.05) is 13.1 Å². The molecule has 0 aliphatic carbocycles. The maximum absolute atomic E-state index is 6.09. The third-order valence-corrected chi connectivity index (χ3v) is 4.74. The van der Waals surface area contributed by atoms with Gasteiger partial charge < -0.3 is 15.2 Å². The van der Waals surface area contributed by atoms with Crippen molar-refractivity contribution in [2.45, 2.75) is 40.3 Å². The van der Waals surface area contributed by atoms with Gasteiger partial charge in [0.15, 0.2) is 5.96 Å². The van der Waals surface area contributed by atoms with E-state index in [1.807, 2.05) is 36.2 Å². The molecular weight excluding hydrogens is 486 g/mol. The highest BCUT2D eigenvalue weighted by atomic mass is 127. The summed E-state index contributed by atoms with van der Waals surface area (Å²) < 4.78 is 3.88. The molecule has 2 rings (SSSR count). The number of rotatable bonds is 7.